The molecular formula is C20H17FN2O3. The summed E-state index contributed by atoms with van der Waals surface area (Å²) in [5, 5.41) is 8.75. The second-order valence-corrected chi connectivity index (χ2v) is 5.29. The van der Waals surface area contributed by atoms with Crippen LogP contribution in [0.1, 0.15) is 12.0 Å². The molecule has 0 saturated heterocycles. The topological polar surface area (TPSA) is 70.4 Å². The number of amides is 1. The highest BCUT2D eigenvalue weighted by Crippen LogP contribution is 2.14. The summed E-state index contributed by atoms with van der Waals surface area (Å²) >= 11 is 0. The molecule has 5 nitrogen and oxygen atoms in total. The van der Waals surface area contributed by atoms with Gasteiger partial charge in [-0.15, -0.1) is 0 Å². The van der Waals surface area contributed by atoms with Crippen LogP contribution in [0.2, 0.25) is 0 Å². The lowest BCUT2D eigenvalue weighted by Crippen LogP contribution is -2.35. The predicted molar refractivity (Wildman–Crippen MR) is 95.4 cm³/mol. The smallest absolute Gasteiger partial charge is 0.331 e. The minimum absolute atomic E-state index is 0.161. The summed E-state index contributed by atoms with van der Waals surface area (Å²) in [5.41, 5.74) is 1.13. The summed E-state index contributed by atoms with van der Waals surface area (Å²) in [6.07, 6.45) is 2.69. The summed E-state index contributed by atoms with van der Waals surface area (Å²) in [5.74, 6) is -1.55. The summed E-state index contributed by atoms with van der Waals surface area (Å²) in [6, 6.07) is 16.6. The Bertz CT molecular complexity index is 828. The highest BCUT2D eigenvalue weighted by atomic mass is 19.1. The third kappa shape index (κ3) is 5.87. The Morgan fingerprint density at radius 1 is 1.15 bits per heavy atom. The van der Waals surface area contributed by atoms with E-state index in [0.29, 0.717) is 11.3 Å². The van der Waals surface area contributed by atoms with Crippen LogP contribution < -0.4 is 4.90 Å². The van der Waals surface area contributed by atoms with E-state index in [2.05, 4.69) is 0 Å². The maximum Gasteiger partial charge on any atom is 0.331 e. The van der Waals surface area contributed by atoms with Crippen molar-refractivity contribution in [3.05, 3.63) is 72.1 Å². The van der Waals surface area contributed by atoms with Gasteiger partial charge in [-0.25, -0.2) is 9.18 Å². The molecule has 0 aliphatic rings. The van der Waals surface area contributed by atoms with Crippen molar-refractivity contribution < 1.29 is 18.7 Å². The Hall–Kier alpha value is -3.46. The fourth-order valence-electron chi connectivity index (χ4n) is 2.20. The van der Waals surface area contributed by atoms with E-state index in [-0.39, 0.29) is 13.0 Å². The molecule has 6 heteroatoms. The normalized spacial score (nSPS) is 10.3. The van der Waals surface area contributed by atoms with Crippen molar-refractivity contribution in [3.8, 4) is 6.07 Å². The van der Waals surface area contributed by atoms with Crippen LogP contribution in [0.5, 0.6) is 0 Å². The molecule has 0 aromatic heterocycles. The van der Waals surface area contributed by atoms with Gasteiger partial charge in [-0.2, -0.15) is 5.26 Å². The molecule has 26 heavy (non-hydrogen) atoms. The van der Waals surface area contributed by atoms with Gasteiger partial charge in [0.25, 0.3) is 5.91 Å². The molecule has 0 fully saturated rings. The van der Waals surface area contributed by atoms with E-state index < -0.39 is 24.3 Å². The number of esters is 1. The molecule has 0 spiro atoms. The molecule has 132 valence electrons. The second-order valence-electron chi connectivity index (χ2n) is 5.29. The van der Waals surface area contributed by atoms with Crippen molar-refractivity contribution in [3.63, 3.8) is 0 Å². The summed E-state index contributed by atoms with van der Waals surface area (Å²) in [7, 11) is 0. The molecule has 0 saturated carbocycles. The quantitative estimate of drug-likeness (QED) is 0.566. The zero-order valence-corrected chi connectivity index (χ0v) is 14.0. The zero-order chi connectivity index (χ0) is 18.8. The second kappa shape index (κ2) is 9.74. The molecule has 1 amide bonds. The molecular weight excluding hydrogens is 335 g/mol. The Balaban J connectivity index is 1.94. The fourth-order valence-corrected chi connectivity index (χ4v) is 2.20. The molecule has 0 heterocycles. The van der Waals surface area contributed by atoms with Gasteiger partial charge in [0.05, 0.1) is 12.5 Å². The van der Waals surface area contributed by atoms with Gasteiger partial charge in [-0.05, 0) is 35.9 Å². The predicted octanol–water partition coefficient (Wildman–Crippen LogP) is 3.33. The molecule has 0 radical (unpaired) electrons. The zero-order valence-electron chi connectivity index (χ0n) is 14.0. The number of nitriles is 1. The first kappa shape index (κ1) is 18.9. The van der Waals surface area contributed by atoms with Gasteiger partial charge in [0, 0.05) is 18.3 Å². The van der Waals surface area contributed by atoms with Crippen LogP contribution in [0.3, 0.4) is 0 Å². The van der Waals surface area contributed by atoms with E-state index in [4.69, 9.17) is 10.00 Å². The number of anilines is 1. The van der Waals surface area contributed by atoms with Crippen molar-refractivity contribution >= 4 is 23.6 Å². The average Bonchev–Trinajstić information content (AvgIpc) is 2.66. The highest BCUT2D eigenvalue weighted by molar-refractivity contribution is 5.96. The Morgan fingerprint density at radius 3 is 2.62 bits per heavy atom. The molecule has 0 N–H and O–H groups in total. The fraction of sp³-hybridized carbons (Fsp3) is 0.150. The molecule has 2 aromatic carbocycles. The molecule has 2 rings (SSSR count). The van der Waals surface area contributed by atoms with E-state index in [9.17, 15) is 14.0 Å². The van der Waals surface area contributed by atoms with Gasteiger partial charge in [0.2, 0.25) is 0 Å². The summed E-state index contributed by atoms with van der Waals surface area (Å²) < 4.78 is 18.0. The lowest BCUT2D eigenvalue weighted by molar-refractivity contribution is -0.142. The lowest BCUT2D eigenvalue weighted by atomic mass is 10.2. The maximum absolute atomic E-state index is 13.1. The number of rotatable bonds is 7. The van der Waals surface area contributed by atoms with Crippen molar-refractivity contribution in [2.45, 2.75) is 6.42 Å². The number of hydrogen-bond acceptors (Lipinski definition) is 4. The number of carbonyl (C=O) groups is 2. The van der Waals surface area contributed by atoms with Gasteiger partial charge < -0.3 is 9.64 Å². The van der Waals surface area contributed by atoms with Crippen LogP contribution in [0, 0.1) is 17.1 Å². The van der Waals surface area contributed by atoms with Crippen LogP contribution in [0.25, 0.3) is 6.08 Å². The molecule has 0 bridgehead atoms. The Morgan fingerprint density at radius 2 is 1.92 bits per heavy atom. The van der Waals surface area contributed by atoms with Crippen molar-refractivity contribution in [1.82, 2.24) is 0 Å². The summed E-state index contributed by atoms with van der Waals surface area (Å²) in [4.78, 5) is 25.5. The standard InChI is InChI=1S/C20H17FN2O3/c21-17-7-4-6-16(14-17)10-11-20(25)26-15-19(24)23(13-5-12-22)18-8-2-1-3-9-18/h1-4,6-11,14H,5,13,15H2/b11-10+. The first-order valence-electron chi connectivity index (χ1n) is 7.93. The molecule has 0 aliphatic carbocycles. The number of nitrogens with zero attached hydrogens (tertiary/aromatic N) is 2. The first-order valence-corrected chi connectivity index (χ1v) is 7.93. The van der Waals surface area contributed by atoms with Crippen molar-refractivity contribution in [1.29, 1.82) is 5.26 Å². The van der Waals surface area contributed by atoms with Gasteiger partial charge in [0.1, 0.15) is 5.82 Å². The van der Waals surface area contributed by atoms with E-state index in [1.807, 2.05) is 12.1 Å². The van der Waals surface area contributed by atoms with Crippen LogP contribution in [-0.2, 0) is 14.3 Å². The minimum atomic E-state index is -0.712. The molecule has 0 unspecified atom stereocenters. The van der Waals surface area contributed by atoms with Gasteiger partial charge in [0.15, 0.2) is 6.61 Å². The van der Waals surface area contributed by atoms with E-state index in [0.717, 1.165) is 6.08 Å². The van der Waals surface area contributed by atoms with Gasteiger partial charge >= 0.3 is 5.97 Å². The maximum atomic E-state index is 13.1. The van der Waals surface area contributed by atoms with Crippen LogP contribution in [0.4, 0.5) is 10.1 Å². The van der Waals surface area contributed by atoms with Crippen LogP contribution in [0.15, 0.2) is 60.7 Å². The molecule has 0 aliphatic heterocycles. The van der Waals surface area contributed by atoms with Crippen LogP contribution >= 0.6 is 0 Å². The number of benzene rings is 2. The number of para-hydroxylation sites is 1. The van der Waals surface area contributed by atoms with E-state index in [1.54, 1.807) is 30.3 Å². The summed E-state index contributed by atoms with van der Waals surface area (Å²) in [6.45, 7) is -0.247. The van der Waals surface area contributed by atoms with Gasteiger partial charge in [-0.1, -0.05) is 30.3 Å². The molecule has 0 atom stereocenters. The van der Waals surface area contributed by atoms with Crippen molar-refractivity contribution in [2.75, 3.05) is 18.1 Å². The number of halogens is 1. The first-order chi connectivity index (χ1) is 12.6. The third-order valence-corrected chi connectivity index (χ3v) is 3.41. The van der Waals surface area contributed by atoms with Crippen LogP contribution in [-0.4, -0.2) is 25.0 Å². The van der Waals surface area contributed by atoms with Gasteiger partial charge in [-0.3, -0.25) is 4.79 Å². The number of carbonyl (C=O) groups excluding carboxylic acids is 2. The lowest BCUT2D eigenvalue weighted by Gasteiger charge is -2.21. The third-order valence-electron chi connectivity index (χ3n) is 3.41. The van der Waals surface area contributed by atoms with E-state index >= 15 is 0 Å². The largest absolute Gasteiger partial charge is 0.452 e. The minimum Gasteiger partial charge on any atom is -0.452 e. The Kier molecular flexibility index (Phi) is 7.07. The van der Waals surface area contributed by atoms with Crippen molar-refractivity contribution in [2.24, 2.45) is 0 Å². The molecule has 2 aromatic rings. The monoisotopic (exact) mass is 352 g/mol. The number of hydrogen-bond donors (Lipinski definition) is 0. The average molecular weight is 352 g/mol. The number of ether oxygens (including phenoxy) is 1. The Labute approximate surface area is 150 Å². The highest BCUT2D eigenvalue weighted by Gasteiger charge is 2.16. The SMILES string of the molecule is N#CCCN(C(=O)COC(=O)/C=C/c1cccc(F)c1)c1ccccc1. The van der Waals surface area contributed by atoms with E-state index in [1.165, 1.54) is 29.2 Å².